The van der Waals surface area contributed by atoms with Gasteiger partial charge in [0.15, 0.2) is 0 Å². The number of benzene rings is 2. The van der Waals surface area contributed by atoms with Gasteiger partial charge < -0.3 is 24.4 Å². The van der Waals surface area contributed by atoms with E-state index >= 15 is 0 Å². The van der Waals surface area contributed by atoms with Crippen molar-refractivity contribution in [2.24, 2.45) is 11.8 Å². The van der Waals surface area contributed by atoms with Gasteiger partial charge in [-0.15, -0.1) is 0 Å². The first-order valence-corrected chi connectivity index (χ1v) is 15.5. The summed E-state index contributed by atoms with van der Waals surface area (Å²) in [6.07, 6.45) is 0.878. The Balaban J connectivity index is 1.66. The summed E-state index contributed by atoms with van der Waals surface area (Å²) in [5.74, 6) is -0.462. The van der Waals surface area contributed by atoms with E-state index in [1.54, 1.807) is 68.4 Å². The maximum atomic E-state index is 13.8. The molecule has 3 atom stereocenters. The molecular formula is C30H41N3O7S. The number of amides is 2. The van der Waals surface area contributed by atoms with E-state index in [0.29, 0.717) is 37.5 Å². The molecule has 1 saturated heterocycles. The second-order valence-electron chi connectivity index (χ2n) is 11.1. The molecule has 0 aromatic heterocycles. The zero-order valence-electron chi connectivity index (χ0n) is 24.5. The lowest BCUT2D eigenvalue weighted by Crippen LogP contribution is -2.48. The third-order valence-electron chi connectivity index (χ3n) is 7.87. The van der Waals surface area contributed by atoms with Gasteiger partial charge in [0.25, 0.3) is 5.91 Å². The fourth-order valence-electron chi connectivity index (χ4n) is 5.21. The number of sulfonamides is 1. The Kier molecular flexibility index (Phi) is 10.1. The molecule has 2 aliphatic rings. The van der Waals surface area contributed by atoms with Gasteiger partial charge in [0, 0.05) is 52.1 Å². The van der Waals surface area contributed by atoms with Gasteiger partial charge in [-0.1, -0.05) is 24.6 Å². The van der Waals surface area contributed by atoms with Crippen molar-refractivity contribution in [3.63, 3.8) is 0 Å². The molecule has 4 rings (SSSR count). The van der Waals surface area contributed by atoms with Gasteiger partial charge in [0.2, 0.25) is 15.9 Å². The first-order valence-electron chi connectivity index (χ1n) is 14.0. The van der Waals surface area contributed by atoms with Gasteiger partial charge in [-0.05, 0) is 62.9 Å². The fraction of sp³-hybridized carbons (Fsp3) is 0.533. The molecule has 1 fully saturated rings. The molecule has 0 saturated carbocycles. The number of anilines is 1. The third kappa shape index (κ3) is 7.27. The summed E-state index contributed by atoms with van der Waals surface area (Å²) in [6, 6.07) is 11.2. The van der Waals surface area contributed by atoms with Crippen molar-refractivity contribution in [1.29, 1.82) is 0 Å². The van der Waals surface area contributed by atoms with Gasteiger partial charge in [-0.3, -0.25) is 9.59 Å². The van der Waals surface area contributed by atoms with Gasteiger partial charge in [-0.25, -0.2) is 8.42 Å². The summed E-state index contributed by atoms with van der Waals surface area (Å²) < 4.78 is 46.4. The SMILES string of the molecule is CO[C@@H]1CN(C)C(=O)c2cc(NC(=O)C3CCOCC3)ccc2OC[C@@H](C)N(S(=O)(=O)c2ccc(C)cc2)C[C@H]1C. The average Bonchev–Trinajstić information content (AvgIpc) is 2.97. The molecule has 1 N–H and O–H groups in total. The van der Waals surface area contributed by atoms with Crippen molar-refractivity contribution >= 4 is 27.5 Å². The van der Waals surface area contributed by atoms with Crippen molar-refractivity contribution in [3.05, 3.63) is 53.6 Å². The van der Waals surface area contributed by atoms with E-state index in [0.717, 1.165) is 5.56 Å². The van der Waals surface area contributed by atoms with E-state index in [1.807, 2.05) is 13.8 Å². The molecular weight excluding hydrogens is 546 g/mol. The van der Waals surface area contributed by atoms with Crippen LogP contribution in [0.5, 0.6) is 5.75 Å². The molecule has 41 heavy (non-hydrogen) atoms. The number of carbonyl (C=O) groups is 2. The zero-order chi connectivity index (χ0) is 29.7. The van der Waals surface area contributed by atoms with Crippen LogP contribution in [0.25, 0.3) is 0 Å². The number of carbonyl (C=O) groups excluding carboxylic acids is 2. The molecule has 0 aliphatic carbocycles. The minimum Gasteiger partial charge on any atom is -0.491 e. The maximum absolute atomic E-state index is 13.8. The van der Waals surface area contributed by atoms with E-state index in [-0.39, 0.29) is 53.8 Å². The summed E-state index contributed by atoms with van der Waals surface area (Å²) in [7, 11) is -0.615. The van der Waals surface area contributed by atoms with Gasteiger partial charge in [0.05, 0.1) is 22.6 Å². The number of hydrogen-bond acceptors (Lipinski definition) is 7. The Morgan fingerprint density at radius 2 is 1.73 bits per heavy atom. The molecule has 2 amide bonds. The number of ether oxygens (including phenoxy) is 3. The lowest BCUT2D eigenvalue weighted by Gasteiger charge is -2.35. The van der Waals surface area contributed by atoms with Crippen LogP contribution in [0.3, 0.4) is 0 Å². The van der Waals surface area contributed by atoms with Crippen LogP contribution >= 0.6 is 0 Å². The maximum Gasteiger partial charge on any atom is 0.257 e. The van der Waals surface area contributed by atoms with E-state index in [9.17, 15) is 18.0 Å². The monoisotopic (exact) mass is 587 g/mol. The number of methoxy groups -OCH3 is 1. The Bertz CT molecular complexity index is 1330. The lowest BCUT2D eigenvalue weighted by atomic mass is 9.99. The van der Waals surface area contributed by atoms with Crippen LogP contribution in [0.1, 0.15) is 42.6 Å². The van der Waals surface area contributed by atoms with Crippen molar-refractivity contribution in [3.8, 4) is 5.75 Å². The van der Waals surface area contributed by atoms with Crippen LogP contribution in [-0.2, 0) is 24.3 Å². The molecule has 0 spiro atoms. The van der Waals surface area contributed by atoms with Crippen molar-refractivity contribution in [2.45, 2.75) is 50.7 Å². The minimum atomic E-state index is -3.85. The summed E-state index contributed by atoms with van der Waals surface area (Å²) in [6.45, 7) is 7.16. The smallest absolute Gasteiger partial charge is 0.257 e. The predicted molar refractivity (Wildman–Crippen MR) is 156 cm³/mol. The highest BCUT2D eigenvalue weighted by atomic mass is 32.2. The summed E-state index contributed by atoms with van der Waals surface area (Å²) >= 11 is 0. The number of aryl methyl sites for hydroxylation is 1. The van der Waals surface area contributed by atoms with E-state index < -0.39 is 22.2 Å². The van der Waals surface area contributed by atoms with Crippen LogP contribution in [-0.4, -0.2) is 88.7 Å². The third-order valence-corrected chi connectivity index (χ3v) is 9.87. The topological polar surface area (TPSA) is 114 Å². The Morgan fingerprint density at radius 1 is 1.05 bits per heavy atom. The predicted octanol–water partition coefficient (Wildman–Crippen LogP) is 3.56. The number of nitrogens with one attached hydrogen (secondary N) is 1. The van der Waals surface area contributed by atoms with E-state index in [4.69, 9.17) is 14.2 Å². The van der Waals surface area contributed by atoms with Crippen molar-refractivity contribution in [2.75, 3.05) is 52.4 Å². The average molecular weight is 588 g/mol. The van der Waals surface area contributed by atoms with Crippen LogP contribution in [0.2, 0.25) is 0 Å². The fourth-order valence-corrected chi connectivity index (χ4v) is 6.92. The van der Waals surface area contributed by atoms with Crippen LogP contribution in [0.15, 0.2) is 47.4 Å². The minimum absolute atomic E-state index is 0.0211. The molecule has 0 bridgehead atoms. The highest BCUT2D eigenvalue weighted by Gasteiger charge is 2.35. The first kappa shape index (κ1) is 31.0. The first-order chi connectivity index (χ1) is 19.5. The molecule has 0 radical (unpaired) electrons. The number of fused-ring (bicyclic) bond motifs is 1. The molecule has 2 aromatic carbocycles. The number of rotatable bonds is 5. The van der Waals surface area contributed by atoms with Gasteiger partial charge in [0.1, 0.15) is 12.4 Å². The van der Waals surface area contributed by atoms with Crippen LogP contribution < -0.4 is 10.1 Å². The number of nitrogens with zero attached hydrogens (tertiary/aromatic N) is 2. The van der Waals surface area contributed by atoms with E-state index in [1.165, 1.54) is 4.31 Å². The zero-order valence-corrected chi connectivity index (χ0v) is 25.3. The molecule has 11 heteroatoms. The molecule has 2 aromatic rings. The molecule has 0 unspecified atom stereocenters. The Hall–Kier alpha value is -2.99. The second kappa shape index (κ2) is 13.3. The summed E-state index contributed by atoms with van der Waals surface area (Å²) in [5, 5.41) is 2.94. The number of likely N-dealkylation sites (N-methyl/N-ethyl adjacent to an activating group) is 1. The molecule has 224 valence electrons. The molecule has 2 aliphatic heterocycles. The number of hydrogen-bond donors (Lipinski definition) is 1. The van der Waals surface area contributed by atoms with Gasteiger partial charge in [-0.2, -0.15) is 4.31 Å². The van der Waals surface area contributed by atoms with Crippen LogP contribution in [0, 0.1) is 18.8 Å². The van der Waals surface area contributed by atoms with Gasteiger partial charge >= 0.3 is 0 Å². The quantitative estimate of drug-likeness (QED) is 0.569. The van der Waals surface area contributed by atoms with Crippen LogP contribution in [0.4, 0.5) is 5.69 Å². The second-order valence-corrected chi connectivity index (χ2v) is 13.0. The summed E-state index contributed by atoms with van der Waals surface area (Å²) in [4.78, 5) is 28.2. The van der Waals surface area contributed by atoms with E-state index in [2.05, 4.69) is 5.32 Å². The standard InChI is InChI=1S/C30H41N3O7S/c1-20-6-9-25(10-7-20)41(36,37)33-17-21(2)28(38-5)18-32(4)30(35)26-16-24(8-11-27(26)40-19-22(33)3)31-29(34)23-12-14-39-15-13-23/h6-11,16,21-23,28H,12-15,17-19H2,1-5H3,(H,31,34)/t21-,22-,28-/m1/s1. The summed E-state index contributed by atoms with van der Waals surface area (Å²) in [5.41, 5.74) is 1.74. The lowest BCUT2D eigenvalue weighted by molar-refractivity contribution is -0.122. The normalized spacial score (nSPS) is 23.6. The molecule has 10 nitrogen and oxygen atoms in total. The van der Waals surface area contributed by atoms with Crippen molar-refractivity contribution < 1.29 is 32.2 Å². The highest BCUT2D eigenvalue weighted by molar-refractivity contribution is 7.89. The highest BCUT2D eigenvalue weighted by Crippen LogP contribution is 2.29. The molecule has 2 heterocycles. The van der Waals surface area contributed by atoms with Crippen molar-refractivity contribution in [1.82, 2.24) is 9.21 Å². The Labute approximate surface area is 243 Å². The largest absolute Gasteiger partial charge is 0.491 e. The Morgan fingerprint density at radius 3 is 2.39 bits per heavy atom.